The molecule has 1 aliphatic rings. The Morgan fingerprint density at radius 2 is 2.10 bits per heavy atom. The van der Waals surface area contributed by atoms with Crippen molar-refractivity contribution in [2.45, 2.75) is 31.7 Å². The van der Waals surface area contributed by atoms with E-state index in [2.05, 4.69) is 0 Å². The largest absolute Gasteiger partial charge is 0.480 e. The number of rotatable bonds is 5. The number of anilines is 1. The summed E-state index contributed by atoms with van der Waals surface area (Å²) in [4.78, 5) is 22.4. The van der Waals surface area contributed by atoms with Gasteiger partial charge in [0.05, 0.1) is 16.7 Å². The third-order valence-corrected chi connectivity index (χ3v) is 3.52. The average Bonchev–Trinajstić information content (AvgIpc) is 2.89. The SMILES string of the molecule is O=C(O)CN(c1ccc([N+](=O)[O-])cc1F)C1CCCC1. The zero-order chi connectivity index (χ0) is 14.7. The van der Waals surface area contributed by atoms with Crippen LogP contribution in [0.25, 0.3) is 0 Å². The summed E-state index contributed by atoms with van der Waals surface area (Å²) in [6.07, 6.45) is 3.58. The minimum absolute atomic E-state index is 0.0259. The molecule has 1 aromatic rings. The molecule has 7 heteroatoms. The molecule has 0 bridgehead atoms. The van der Waals surface area contributed by atoms with Gasteiger partial charge in [-0.25, -0.2) is 4.39 Å². The number of carboxylic acid groups (broad SMARTS) is 1. The first-order valence-electron chi connectivity index (χ1n) is 6.41. The molecule has 108 valence electrons. The van der Waals surface area contributed by atoms with Crippen molar-refractivity contribution in [1.29, 1.82) is 0 Å². The highest BCUT2D eigenvalue weighted by Crippen LogP contribution is 2.31. The maximum absolute atomic E-state index is 14.0. The summed E-state index contributed by atoms with van der Waals surface area (Å²) in [7, 11) is 0. The number of benzene rings is 1. The fraction of sp³-hybridized carbons (Fsp3) is 0.462. The summed E-state index contributed by atoms with van der Waals surface area (Å²) in [6.45, 7) is -0.306. The van der Waals surface area contributed by atoms with Crippen LogP contribution in [0.15, 0.2) is 18.2 Å². The van der Waals surface area contributed by atoms with Crippen LogP contribution < -0.4 is 4.90 Å². The Balaban J connectivity index is 2.32. The topological polar surface area (TPSA) is 83.7 Å². The second kappa shape index (κ2) is 5.85. The molecule has 0 heterocycles. The van der Waals surface area contributed by atoms with E-state index in [9.17, 15) is 19.3 Å². The van der Waals surface area contributed by atoms with Gasteiger partial charge < -0.3 is 10.0 Å². The Hall–Kier alpha value is -2.18. The Labute approximate surface area is 115 Å². The van der Waals surface area contributed by atoms with Gasteiger partial charge in [-0.3, -0.25) is 14.9 Å². The molecular formula is C13H15FN2O4. The van der Waals surface area contributed by atoms with E-state index in [1.165, 1.54) is 17.0 Å². The molecule has 1 fully saturated rings. The van der Waals surface area contributed by atoms with Crippen LogP contribution >= 0.6 is 0 Å². The first-order valence-corrected chi connectivity index (χ1v) is 6.41. The molecule has 1 N–H and O–H groups in total. The van der Waals surface area contributed by atoms with Crippen molar-refractivity contribution < 1.29 is 19.2 Å². The van der Waals surface area contributed by atoms with Crippen molar-refractivity contribution >= 4 is 17.3 Å². The number of carboxylic acids is 1. The van der Waals surface area contributed by atoms with Crippen molar-refractivity contribution in [3.63, 3.8) is 0 Å². The van der Waals surface area contributed by atoms with Gasteiger partial charge in [0, 0.05) is 12.1 Å². The molecule has 0 amide bonds. The Morgan fingerprint density at radius 3 is 2.60 bits per heavy atom. The highest BCUT2D eigenvalue weighted by molar-refractivity contribution is 5.74. The van der Waals surface area contributed by atoms with Crippen molar-refractivity contribution in [2.24, 2.45) is 0 Å². The summed E-state index contributed by atoms with van der Waals surface area (Å²) < 4.78 is 14.0. The van der Waals surface area contributed by atoms with Crippen molar-refractivity contribution in [3.8, 4) is 0 Å². The third kappa shape index (κ3) is 3.04. The van der Waals surface area contributed by atoms with Crippen LogP contribution in [-0.2, 0) is 4.79 Å². The molecule has 1 aromatic carbocycles. The standard InChI is InChI=1S/C13H15FN2O4/c14-11-7-10(16(19)20)5-6-12(11)15(8-13(17)18)9-3-1-2-4-9/h5-7,9H,1-4,8H2,(H,17,18). The molecule has 2 rings (SSSR count). The van der Waals surface area contributed by atoms with E-state index in [4.69, 9.17) is 5.11 Å². The molecule has 0 spiro atoms. The number of nitrogens with zero attached hydrogens (tertiary/aromatic N) is 2. The van der Waals surface area contributed by atoms with Gasteiger partial charge in [0.2, 0.25) is 0 Å². The predicted octanol–water partition coefficient (Wildman–Crippen LogP) is 2.57. The number of nitro groups is 1. The highest BCUT2D eigenvalue weighted by Gasteiger charge is 2.27. The first-order chi connectivity index (χ1) is 9.49. The number of halogens is 1. The summed E-state index contributed by atoms with van der Waals surface area (Å²) in [5, 5.41) is 19.6. The molecule has 0 unspecified atom stereocenters. The maximum Gasteiger partial charge on any atom is 0.323 e. The zero-order valence-corrected chi connectivity index (χ0v) is 10.8. The smallest absolute Gasteiger partial charge is 0.323 e. The van der Waals surface area contributed by atoms with Gasteiger partial charge >= 0.3 is 5.97 Å². The molecular weight excluding hydrogens is 267 g/mol. The van der Waals surface area contributed by atoms with Crippen LogP contribution in [0.3, 0.4) is 0 Å². The van der Waals surface area contributed by atoms with E-state index in [1.54, 1.807) is 0 Å². The number of carbonyl (C=O) groups is 1. The van der Waals surface area contributed by atoms with Crippen LogP contribution in [0.5, 0.6) is 0 Å². The van der Waals surface area contributed by atoms with E-state index in [0.29, 0.717) is 0 Å². The normalized spacial score (nSPS) is 15.2. The zero-order valence-electron chi connectivity index (χ0n) is 10.8. The number of non-ortho nitro benzene ring substituents is 1. The van der Waals surface area contributed by atoms with E-state index in [1.807, 2.05) is 0 Å². The van der Waals surface area contributed by atoms with E-state index >= 15 is 0 Å². The van der Waals surface area contributed by atoms with E-state index < -0.39 is 16.7 Å². The Morgan fingerprint density at radius 1 is 1.45 bits per heavy atom. The fourth-order valence-electron chi connectivity index (χ4n) is 2.61. The molecule has 0 saturated heterocycles. The molecule has 0 atom stereocenters. The van der Waals surface area contributed by atoms with E-state index in [0.717, 1.165) is 31.7 Å². The van der Waals surface area contributed by atoms with Gasteiger partial charge in [-0.1, -0.05) is 12.8 Å². The summed E-state index contributed by atoms with van der Waals surface area (Å²) in [5.41, 5.74) is -0.224. The molecule has 1 aliphatic carbocycles. The highest BCUT2D eigenvalue weighted by atomic mass is 19.1. The minimum Gasteiger partial charge on any atom is -0.480 e. The average molecular weight is 282 g/mol. The van der Waals surface area contributed by atoms with Gasteiger partial charge in [-0.15, -0.1) is 0 Å². The van der Waals surface area contributed by atoms with Crippen molar-refractivity contribution in [2.75, 3.05) is 11.4 Å². The van der Waals surface area contributed by atoms with Gasteiger partial charge in [-0.05, 0) is 18.9 Å². The van der Waals surface area contributed by atoms with Gasteiger partial charge in [0.1, 0.15) is 6.54 Å². The van der Waals surface area contributed by atoms with Crippen LogP contribution in [0, 0.1) is 15.9 Å². The van der Waals surface area contributed by atoms with Crippen LogP contribution in [-0.4, -0.2) is 28.6 Å². The Kier molecular flexibility index (Phi) is 4.16. The van der Waals surface area contributed by atoms with Crippen molar-refractivity contribution in [3.05, 3.63) is 34.1 Å². The van der Waals surface area contributed by atoms with Gasteiger partial charge in [0.25, 0.3) is 5.69 Å². The van der Waals surface area contributed by atoms with Crippen LogP contribution in [0.2, 0.25) is 0 Å². The lowest BCUT2D eigenvalue weighted by molar-refractivity contribution is -0.385. The van der Waals surface area contributed by atoms with Crippen LogP contribution in [0.4, 0.5) is 15.8 Å². The fourth-order valence-corrected chi connectivity index (χ4v) is 2.61. The lowest BCUT2D eigenvalue weighted by Crippen LogP contribution is -2.38. The van der Waals surface area contributed by atoms with Crippen molar-refractivity contribution in [1.82, 2.24) is 0 Å². The number of nitro benzene ring substituents is 1. The monoisotopic (exact) mass is 282 g/mol. The molecule has 0 aliphatic heterocycles. The van der Waals surface area contributed by atoms with Gasteiger partial charge in [-0.2, -0.15) is 0 Å². The number of hydrogen-bond donors (Lipinski definition) is 1. The first kappa shape index (κ1) is 14.2. The lowest BCUT2D eigenvalue weighted by Gasteiger charge is -2.29. The molecule has 0 radical (unpaired) electrons. The summed E-state index contributed by atoms with van der Waals surface area (Å²) >= 11 is 0. The van der Waals surface area contributed by atoms with Crippen LogP contribution in [0.1, 0.15) is 25.7 Å². The second-order valence-corrected chi connectivity index (χ2v) is 4.85. The maximum atomic E-state index is 14.0. The molecule has 6 nitrogen and oxygen atoms in total. The number of aliphatic carboxylic acids is 1. The summed E-state index contributed by atoms with van der Waals surface area (Å²) in [5.74, 6) is -1.80. The molecule has 20 heavy (non-hydrogen) atoms. The number of hydrogen-bond acceptors (Lipinski definition) is 4. The predicted molar refractivity (Wildman–Crippen MR) is 70.3 cm³/mol. The molecule has 1 saturated carbocycles. The van der Waals surface area contributed by atoms with E-state index in [-0.39, 0.29) is 24.0 Å². The van der Waals surface area contributed by atoms with Gasteiger partial charge in [0.15, 0.2) is 5.82 Å². The summed E-state index contributed by atoms with van der Waals surface area (Å²) in [6, 6.07) is 3.29. The third-order valence-electron chi connectivity index (χ3n) is 3.52. The minimum atomic E-state index is -1.05. The molecule has 0 aromatic heterocycles. The second-order valence-electron chi connectivity index (χ2n) is 4.85. The Bertz CT molecular complexity index is 529. The lowest BCUT2D eigenvalue weighted by atomic mass is 10.1. The quantitative estimate of drug-likeness (QED) is 0.662.